The van der Waals surface area contributed by atoms with Gasteiger partial charge in [-0.3, -0.25) is 9.59 Å². The molecule has 9 atom stereocenters. The molecule has 3 bridgehead atoms. The predicted molar refractivity (Wildman–Crippen MR) is 163 cm³/mol. The SMILES string of the molecule is CO[C@@H](CC[C@H](C)C1O[C@@]23C[C@H](OC(=O)C[C@H](CO)OC(=O)C[C@](O)(O2)[C@H](C)CC3(C)C)[C@@H]1C)c1cc(O)c(Br)cc1Br. The van der Waals surface area contributed by atoms with Gasteiger partial charge < -0.3 is 39.0 Å². The van der Waals surface area contributed by atoms with Crippen molar-refractivity contribution in [1.29, 1.82) is 0 Å². The van der Waals surface area contributed by atoms with Gasteiger partial charge in [0, 0.05) is 35.3 Å². The van der Waals surface area contributed by atoms with Gasteiger partial charge in [-0.2, -0.15) is 0 Å². The van der Waals surface area contributed by atoms with Crippen LogP contribution in [0, 0.1) is 23.2 Å². The minimum atomic E-state index is -1.88. The second kappa shape index (κ2) is 13.2. The molecule has 43 heavy (non-hydrogen) atoms. The molecular weight excluding hydrogens is 692 g/mol. The number of hydrogen-bond donors (Lipinski definition) is 3. The van der Waals surface area contributed by atoms with Crippen molar-refractivity contribution in [2.75, 3.05) is 13.7 Å². The smallest absolute Gasteiger partial charge is 0.311 e. The molecule has 0 aliphatic carbocycles. The van der Waals surface area contributed by atoms with Crippen LogP contribution in [0.15, 0.2) is 21.1 Å². The Morgan fingerprint density at radius 1 is 1.07 bits per heavy atom. The molecule has 1 aromatic carbocycles. The first-order chi connectivity index (χ1) is 20.0. The lowest BCUT2D eigenvalue weighted by molar-refractivity contribution is -0.451. The normalized spacial score (nSPS) is 36.0. The minimum absolute atomic E-state index is 0.0660. The van der Waals surface area contributed by atoms with Gasteiger partial charge in [0.1, 0.15) is 18.0 Å². The Morgan fingerprint density at radius 3 is 2.42 bits per heavy atom. The van der Waals surface area contributed by atoms with Crippen LogP contribution in [0.5, 0.6) is 5.75 Å². The first kappa shape index (κ1) is 34.6. The molecule has 3 saturated heterocycles. The highest BCUT2D eigenvalue weighted by Gasteiger charge is 2.64. The van der Waals surface area contributed by atoms with Crippen molar-refractivity contribution in [2.24, 2.45) is 23.2 Å². The third-order valence-electron chi connectivity index (χ3n) is 9.58. The second-order valence-electron chi connectivity index (χ2n) is 13.1. The molecule has 0 radical (unpaired) electrons. The van der Waals surface area contributed by atoms with Crippen molar-refractivity contribution in [2.45, 2.75) is 109 Å². The van der Waals surface area contributed by atoms with Crippen LogP contribution in [0.3, 0.4) is 0 Å². The maximum atomic E-state index is 13.0. The number of methoxy groups -OCH3 is 1. The van der Waals surface area contributed by atoms with Crippen molar-refractivity contribution in [3.63, 3.8) is 0 Å². The number of phenols is 1. The van der Waals surface area contributed by atoms with Crippen LogP contribution in [0.25, 0.3) is 0 Å². The lowest BCUT2D eigenvalue weighted by atomic mass is 9.66. The number of halogens is 2. The fourth-order valence-electron chi connectivity index (χ4n) is 6.90. The summed E-state index contributed by atoms with van der Waals surface area (Å²) >= 11 is 6.92. The number of cyclic esters (lactones) is 1. The zero-order valence-electron chi connectivity index (χ0n) is 25.6. The summed E-state index contributed by atoms with van der Waals surface area (Å²) in [6, 6.07) is 3.46. The number of ether oxygens (including phenoxy) is 5. The fourth-order valence-corrected chi connectivity index (χ4v) is 8.15. The largest absolute Gasteiger partial charge is 0.507 e. The zero-order chi connectivity index (χ0) is 31.9. The topological polar surface area (TPSA) is 141 Å². The lowest BCUT2D eigenvalue weighted by Crippen LogP contribution is -2.68. The van der Waals surface area contributed by atoms with Crippen molar-refractivity contribution < 1.29 is 48.6 Å². The van der Waals surface area contributed by atoms with Crippen molar-refractivity contribution >= 4 is 43.8 Å². The molecule has 242 valence electrons. The third-order valence-corrected chi connectivity index (χ3v) is 10.9. The quantitative estimate of drug-likeness (QED) is 0.307. The number of carbonyl (C=O) groups is 2. The summed E-state index contributed by atoms with van der Waals surface area (Å²) in [7, 11) is 1.63. The monoisotopic (exact) mass is 734 g/mol. The van der Waals surface area contributed by atoms with Gasteiger partial charge in [0.05, 0.1) is 36.1 Å². The first-order valence-corrected chi connectivity index (χ1v) is 16.4. The van der Waals surface area contributed by atoms with Crippen molar-refractivity contribution in [3.8, 4) is 5.75 Å². The maximum Gasteiger partial charge on any atom is 0.311 e. The third kappa shape index (κ3) is 7.10. The second-order valence-corrected chi connectivity index (χ2v) is 14.9. The number of carbonyl (C=O) groups excluding carboxylic acids is 2. The Kier molecular flexibility index (Phi) is 10.6. The van der Waals surface area contributed by atoms with E-state index in [0.29, 0.717) is 23.7 Å². The summed E-state index contributed by atoms with van der Waals surface area (Å²) in [6.07, 6.45) is -1.31. The van der Waals surface area contributed by atoms with Gasteiger partial charge in [0.15, 0.2) is 11.6 Å². The molecule has 12 heteroatoms. The van der Waals surface area contributed by atoms with E-state index in [1.165, 1.54) is 0 Å². The molecular formula is C31H44Br2O10. The summed E-state index contributed by atoms with van der Waals surface area (Å²) in [5, 5.41) is 31.8. The number of benzene rings is 1. The summed E-state index contributed by atoms with van der Waals surface area (Å²) < 4.78 is 31.9. The van der Waals surface area contributed by atoms with Crippen LogP contribution in [-0.4, -0.2) is 70.9 Å². The first-order valence-electron chi connectivity index (χ1n) is 14.9. The van der Waals surface area contributed by atoms with Crippen LogP contribution >= 0.6 is 31.9 Å². The molecule has 4 rings (SSSR count). The number of fused-ring (bicyclic) bond motifs is 2. The molecule has 3 fully saturated rings. The van der Waals surface area contributed by atoms with Crippen molar-refractivity contribution in [1.82, 2.24) is 0 Å². The molecule has 3 aliphatic rings. The summed E-state index contributed by atoms with van der Waals surface area (Å²) in [6.45, 7) is 9.32. The molecule has 3 aliphatic heterocycles. The summed E-state index contributed by atoms with van der Waals surface area (Å²) in [4.78, 5) is 25.9. The van der Waals surface area contributed by atoms with Gasteiger partial charge >= 0.3 is 11.9 Å². The van der Waals surface area contributed by atoms with Crippen LogP contribution in [0.2, 0.25) is 0 Å². The number of aromatic hydroxyl groups is 1. The molecule has 3 N–H and O–H groups in total. The molecule has 0 amide bonds. The molecule has 10 nitrogen and oxygen atoms in total. The predicted octanol–water partition coefficient (Wildman–Crippen LogP) is 5.52. The molecule has 1 aromatic rings. The van der Waals surface area contributed by atoms with Gasteiger partial charge in [-0.15, -0.1) is 0 Å². The van der Waals surface area contributed by atoms with Crippen LogP contribution < -0.4 is 0 Å². The van der Waals surface area contributed by atoms with Crippen molar-refractivity contribution in [3.05, 3.63) is 26.6 Å². The van der Waals surface area contributed by atoms with E-state index in [9.17, 15) is 24.9 Å². The Hall–Kier alpha value is -1.28. The number of aliphatic hydroxyl groups is 2. The van der Waals surface area contributed by atoms with E-state index in [1.807, 2.05) is 27.7 Å². The van der Waals surface area contributed by atoms with E-state index < -0.39 is 66.2 Å². The van der Waals surface area contributed by atoms with Crippen LogP contribution in [-0.2, 0) is 33.3 Å². The molecule has 1 spiro atoms. The number of rotatable bonds is 7. The lowest BCUT2D eigenvalue weighted by Gasteiger charge is -2.61. The Labute approximate surface area is 270 Å². The molecule has 1 unspecified atom stereocenters. The fraction of sp³-hybridized carbons (Fsp3) is 0.742. The molecule has 3 heterocycles. The average molecular weight is 736 g/mol. The maximum absolute atomic E-state index is 13.0. The average Bonchev–Trinajstić information content (AvgIpc) is 2.91. The van der Waals surface area contributed by atoms with E-state index in [4.69, 9.17) is 23.7 Å². The number of esters is 2. The van der Waals surface area contributed by atoms with Gasteiger partial charge in [-0.1, -0.05) is 50.5 Å². The standard InChI is InChI=1S/C31H44Br2O10/c1-16(7-8-24(39-6)20-10-23(35)22(33)11-21(20)32)28-18(3)25-13-31(42-28)29(4,5)12-17(2)30(38,43-31)14-27(37)40-19(15-34)9-26(36)41-25/h10-11,16-19,24-25,28,34-35,38H,7-9,12-15H2,1-6H3/t16-,17+,18-,19+,24-,25-,28?,30-,31-/m0/s1. The van der Waals surface area contributed by atoms with E-state index in [0.717, 1.165) is 10.0 Å². The van der Waals surface area contributed by atoms with Crippen LogP contribution in [0.4, 0.5) is 0 Å². The minimum Gasteiger partial charge on any atom is -0.507 e. The van der Waals surface area contributed by atoms with Gasteiger partial charge in [-0.25, -0.2) is 0 Å². The number of hydrogen-bond acceptors (Lipinski definition) is 10. The van der Waals surface area contributed by atoms with Crippen LogP contribution in [0.1, 0.15) is 84.8 Å². The van der Waals surface area contributed by atoms with E-state index in [1.54, 1.807) is 19.2 Å². The van der Waals surface area contributed by atoms with Gasteiger partial charge in [0.2, 0.25) is 0 Å². The Bertz CT molecular complexity index is 1190. The molecule has 0 saturated carbocycles. The highest BCUT2D eigenvalue weighted by Crippen LogP contribution is 2.57. The highest BCUT2D eigenvalue weighted by atomic mass is 79.9. The van der Waals surface area contributed by atoms with Gasteiger partial charge in [0.25, 0.3) is 0 Å². The Morgan fingerprint density at radius 2 is 1.77 bits per heavy atom. The zero-order valence-corrected chi connectivity index (χ0v) is 28.8. The highest BCUT2D eigenvalue weighted by molar-refractivity contribution is 9.11. The summed E-state index contributed by atoms with van der Waals surface area (Å²) in [5.41, 5.74) is 0.199. The van der Waals surface area contributed by atoms with E-state index in [2.05, 4.69) is 38.8 Å². The Balaban J connectivity index is 1.66. The van der Waals surface area contributed by atoms with Gasteiger partial charge in [-0.05, 0) is 58.8 Å². The number of phenolic OH excluding ortho intramolecular Hbond substituents is 1. The number of aliphatic hydroxyl groups excluding tert-OH is 1. The molecule has 0 aromatic heterocycles. The van der Waals surface area contributed by atoms with E-state index in [-0.39, 0.29) is 36.5 Å². The van der Waals surface area contributed by atoms with E-state index >= 15 is 0 Å². The summed E-state index contributed by atoms with van der Waals surface area (Å²) in [5.74, 6) is -5.24.